The maximum Gasteiger partial charge on any atom is 1.00 e. The van der Waals surface area contributed by atoms with Gasteiger partial charge in [-0.05, 0) is 0 Å². The Bertz CT molecular complexity index is 10.8. The maximum atomic E-state index is 2.88. The fourth-order valence-electron chi connectivity index (χ4n) is 0. The predicted octanol–water partition coefficient (Wildman–Crippen LogP) is -3.24. The fraction of sp³-hybridized carbons (Fsp3) is 0.500. The molecule has 4 heavy (non-hydrogen) atoms. The van der Waals surface area contributed by atoms with Crippen molar-refractivity contribution in [1.29, 1.82) is 0 Å². The molecule has 0 aromatic heterocycles. The molecule has 0 saturated carbocycles. The van der Waals surface area contributed by atoms with Crippen LogP contribution in [0.3, 0.4) is 0 Å². The Balaban J connectivity index is 0.0000000900. The molecular weight excluding hydrogens is 61.0 g/mol. The van der Waals surface area contributed by atoms with Crippen LogP contribution in [0.25, 0.3) is 0 Å². The van der Waals surface area contributed by atoms with E-state index >= 15 is 0 Å². The van der Waals surface area contributed by atoms with E-state index in [9.17, 15) is 0 Å². The van der Waals surface area contributed by atoms with Gasteiger partial charge in [0.15, 0.2) is 0 Å². The first-order valence-corrected chi connectivity index (χ1v) is 1.05. The molecule has 1 saturated heterocycles. The summed E-state index contributed by atoms with van der Waals surface area (Å²) >= 11 is 0. The molecule has 1 N–H and O–H groups in total. The first kappa shape index (κ1) is 4.96. The van der Waals surface area contributed by atoms with E-state index in [0.717, 1.165) is 6.54 Å². The third kappa shape index (κ3) is 2.96. The van der Waals surface area contributed by atoms with Gasteiger partial charge in [-0.3, -0.25) is 6.54 Å². The van der Waals surface area contributed by atoms with Gasteiger partial charge in [0, 0.05) is 0 Å². The van der Waals surface area contributed by atoms with Gasteiger partial charge in [0.25, 0.3) is 0 Å². The quantitative estimate of drug-likeness (QED) is 0.179. The first-order valence-electron chi connectivity index (χ1n) is 1.05. The average Bonchev–Trinajstić information content (AvgIpc) is 1.46. The summed E-state index contributed by atoms with van der Waals surface area (Å²) in [6.07, 6.45) is 0. The summed E-state index contributed by atoms with van der Waals surface area (Å²) in [4.78, 5) is 0. The molecule has 0 unspecified atom stereocenters. The van der Waals surface area contributed by atoms with E-state index in [4.69, 9.17) is 0 Å². The Hall–Kier alpha value is 0.960. The van der Waals surface area contributed by atoms with Crippen LogP contribution in [0.4, 0.5) is 0 Å². The molecule has 0 aromatic carbocycles. The average molecular weight is 65.1 g/mol. The summed E-state index contributed by atoms with van der Waals surface area (Å²) in [5, 5.41) is 2.88. The van der Waals surface area contributed by atoms with Gasteiger partial charge in [0.2, 0.25) is 0 Å². The van der Waals surface area contributed by atoms with Crippen molar-refractivity contribution in [2.24, 2.45) is 0 Å². The molecule has 0 bridgehead atoms. The van der Waals surface area contributed by atoms with Crippen molar-refractivity contribution in [2.75, 3.05) is 6.54 Å². The summed E-state index contributed by atoms with van der Waals surface area (Å²) in [5.41, 5.74) is 0. The molecule has 18 valence electrons. The minimum Gasteiger partial charge on any atom is -0.493 e. The van der Waals surface area contributed by atoms with E-state index in [1.807, 2.05) is 6.54 Å². The minimum absolute atomic E-state index is 0. The van der Waals surface area contributed by atoms with Crippen LogP contribution in [0.15, 0.2) is 0 Å². The summed E-state index contributed by atoms with van der Waals surface area (Å²) in [5.74, 6) is 0. The molecule has 1 rings (SSSR count). The van der Waals surface area contributed by atoms with Crippen molar-refractivity contribution in [2.45, 2.75) is 0 Å². The fourth-order valence-corrected chi connectivity index (χ4v) is 0. The van der Waals surface area contributed by atoms with Gasteiger partial charge in [0.1, 0.15) is 0 Å². The van der Waals surface area contributed by atoms with Gasteiger partial charge in [-0.15, -0.1) is 6.54 Å². The van der Waals surface area contributed by atoms with Crippen molar-refractivity contribution in [3.05, 3.63) is 6.54 Å². The van der Waals surface area contributed by atoms with E-state index in [2.05, 4.69) is 5.32 Å². The maximum absolute atomic E-state index is 2.88. The van der Waals surface area contributed by atoms with Crippen molar-refractivity contribution >= 4 is 0 Å². The molecule has 0 aromatic rings. The Labute approximate surface area is 48.1 Å². The van der Waals surface area contributed by atoms with Gasteiger partial charge in [-0.25, -0.2) is 0 Å². The third-order valence-electron chi connectivity index (χ3n) is 0.204. The number of hydrogen-bond donors (Lipinski definition) is 1. The summed E-state index contributed by atoms with van der Waals surface area (Å²) in [7, 11) is 0. The Morgan fingerprint density at radius 2 is 2.00 bits per heavy atom. The van der Waals surface area contributed by atoms with Crippen molar-refractivity contribution in [1.82, 2.24) is 5.32 Å². The van der Waals surface area contributed by atoms with Crippen LogP contribution in [0, 0.1) is 6.54 Å². The topological polar surface area (TPSA) is 21.9 Å². The molecule has 0 amide bonds. The molecule has 0 aliphatic carbocycles. The second kappa shape index (κ2) is 2.21. The van der Waals surface area contributed by atoms with Crippen molar-refractivity contribution in [3.8, 4) is 0 Å². The van der Waals surface area contributed by atoms with Crippen LogP contribution in [-0.4, -0.2) is 6.54 Å². The van der Waals surface area contributed by atoms with Crippen LogP contribution in [0.2, 0.25) is 0 Å². The summed E-state index contributed by atoms with van der Waals surface area (Å²) < 4.78 is 0. The summed E-state index contributed by atoms with van der Waals surface area (Å²) in [6.45, 7) is 3.12. The first-order chi connectivity index (χ1) is 1.50. The zero-order chi connectivity index (χ0) is 2.12. The normalized spacial score (nSPS) is 18.0. The summed E-state index contributed by atoms with van der Waals surface area (Å²) in [6, 6.07) is 0. The van der Waals surface area contributed by atoms with Crippen LogP contribution in [-0.2, 0) is 0 Å². The van der Waals surface area contributed by atoms with E-state index in [1.54, 1.807) is 0 Å². The third-order valence-corrected chi connectivity index (χ3v) is 0.204. The largest absolute Gasteiger partial charge is 1.00 e. The second-order valence-corrected chi connectivity index (χ2v) is 0.612. The number of hydrogen-bond acceptors (Lipinski definition) is 1. The molecule has 1 fully saturated rings. The number of rotatable bonds is 0. The van der Waals surface area contributed by atoms with E-state index in [1.165, 1.54) is 0 Å². The molecule has 2 heteroatoms. The Kier molecular flexibility index (Phi) is 2.74. The minimum atomic E-state index is 0. The van der Waals surface area contributed by atoms with E-state index < -0.39 is 0 Å². The van der Waals surface area contributed by atoms with E-state index in [-0.39, 0.29) is 29.6 Å². The molecule has 0 spiro atoms. The molecule has 1 aliphatic rings. The van der Waals surface area contributed by atoms with Crippen LogP contribution < -0.4 is 34.9 Å². The number of nitrogens with one attached hydrogen (secondary N) is 1. The van der Waals surface area contributed by atoms with Crippen molar-refractivity contribution in [3.63, 3.8) is 0 Å². The molecule has 1 aliphatic heterocycles. The van der Waals surface area contributed by atoms with Gasteiger partial charge in [-0.2, -0.15) is 0 Å². The SMILES string of the molecule is [CH-]1CN1.[Na+]. The Morgan fingerprint density at radius 1 is 1.75 bits per heavy atom. The Morgan fingerprint density at radius 3 is 2.00 bits per heavy atom. The van der Waals surface area contributed by atoms with Crippen molar-refractivity contribution < 1.29 is 29.6 Å². The molecular formula is C2H4NNa. The van der Waals surface area contributed by atoms with E-state index in [0.29, 0.717) is 0 Å². The van der Waals surface area contributed by atoms with Gasteiger partial charge in [-0.1, -0.05) is 0 Å². The van der Waals surface area contributed by atoms with Crippen LogP contribution >= 0.6 is 0 Å². The molecule has 0 radical (unpaired) electrons. The smallest absolute Gasteiger partial charge is 0.493 e. The van der Waals surface area contributed by atoms with Gasteiger partial charge >= 0.3 is 29.6 Å². The zero-order valence-electron chi connectivity index (χ0n) is 2.78. The van der Waals surface area contributed by atoms with Gasteiger partial charge < -0.3 is 5.32 Å². The van der Waals surface area contributed by atoms with Crippen LogP contribution in [0.1, 0.15) is 0 Å². The molecule has 0 atom stereocenters. The molecule has 1 heterocycles. The monoisotopic (exact) mass is 65.0 g/mol. The standard InChI is InChI=1S/C2H4N.Na/c1-2-3-1;/h1,3H,2H2;/q-1;+1. The molecule has 1 nitrogen and oxygen atoms in total. The predicted molar refractivity (Wildman–Crippen MR) is 12.3 cm³/mol. The van der Waals surface area contributed by atoms with Crippen LogP contribution in [0.5, 0.6) is 0 Å². The van der Waals surface area contributed by atoms with Gasteiger partial charge in [0.05, 0.1) is 0 Å². The second-order valence-electron chi connectivity index (χ2n) is 0.612. The zero-order valence-corrected chi connectivity index (χ0v) is 4.78.